The first-order valence-corrected chi connectivity index (χ1v) is 9.77. The van der Waals surface area contributed by atoms with E-state index in [9.17, 15) is 9.59 Å². The van der Waals surface area contributed by atoms with Crippen LogP contribution in [0.5, 0.6) is 0 Å². The molecule has 0 spiro atoms. The molecule has 2 N–H and O–H groups in total. The molecule has 140 valence electrons. The Hall–Kier alpha value is -2.37. The molecule has 1 fully saturated rings. The smallest absolute Gasteiger partial charge is 0.287 e. The summed E-state index contributed by atoms with van der Waals surface area (Å²) in [7, 11) is 0. The molecule has 0 radical (unpaired) electrons. The molecule has 3 rings (SSSR count). The largest absolute Gasteiger partial charge is 0.349 e. The molecule has 0 aliphatic heterocycles. The lowest BCUT2D eigenvalue weighted by atomic mass is 9.95. The maximum atomic E-state index is 12.7. The van der Waals surface area contributed by atoms with E-state index in [1.807, 2.05) is 18.2 Å². The number of carbonyl (C=O) groups excluding carboxylic acids is 2. The third-order valence-electron chi connectivity index (χ3n) is 4.97. The average Bonchev–Trinajstić information content (AvgIpc) is 3.06. The van der Waals surface area contributed by atoms with Crippen LogP contribution in [0.1, 0.15) is 79.4 Å². The third-order valence-corrected chi connectivity index (χ3v) is 4.97. The van der Waals surface area contributed by atoms with Crippen LogP contribution in [0.3, 0.4) is 0 Å². The first-order chi connectivity index (χ1) is 12.7. The predicted octanol–water partition coefficient (Wildman–Crippen LogP) is 3.32. The van der Waals surface area contributed by atoms with E-state index in [1.54, 1.807) is 10.6 Å². The molecule has 1 aliphatic carbocycles. The third kappa shape index (κ3) is 4.23. The van der Waals surface area contributed by atoms with Gasteiger partial charge < -0.3 is 10.6 Å². The molecule has 0 saturated heterocycles. The lowest BCUT2D eigenvalue weighted by molar-refractivity contribution is 0.0925. The summed E-state index contributed by atoms with van der Waals surface area (Å²) < 4.78 is 1.70. The van der Waals surface area contributed by atoms with Crippen molar-refractivity contribution in [1.29, 1.82) is 0 Å². The van der Waals surface area contributed by atoms with Gasteiger partial charge in [0.1, 0.15) is 0 Å². The van der Waals surface area contributed by atoms with E-state index < -0.39 is 0 Å². The van der Waals surface area contributed by atoms with Crippen LogP contribution >= 0.6 is 0 Å². The molecule has 6 heteroatoms. The molecule has 1 aliphatic rings. The van der Waals surface area contributed by atoms with E-state index in [0.717, 1.165) is 44.9 Å². The molecule has 0 aromatic carbocycles. The normalized spacial score (nSPS) is 15.1. The number of nitrogens with one attached hydrogen (secondary N) is 2. The minimum absolute atomic E-state index is 0.189. The van der Waals surface area contributed by atoms with Gasteiger partial charge in [-0.3, -0.25) is 14.0 Å². The first-order valence-electron chi connectivity index (χ1n) is 9.77. The minimum atomic E-state index is -0.237. The van der Waals surface area contributed by atoms with Crippen LogP contribution in [0.4, 0.5) is 0 Å². The summed E-state index contributed by atoms with van der Waals surface area (Å²) in [5, 5.41) is 6.00. The molecule has 1 saturated carbocycles. The number of hydrogen-bond acceptors (Lipinski definition) is 3. The quantitative estimate of drug-likeness (QED) is 0.747. The Kier molecular flexibility index (Phi) is 6.26. The van der Waals surface area contributed by atoms with E-state index in [2.05, 4.69) is 22.5 Å². The Balaban J connectivity index is 1.78. The van der Waals surface area contributed by atoms with Gasteiger partial charge in [0, 0.05) is 18.8 Å². The van der Waals surface area contributed by atoms with Crippen LogP contribution in [-0.4, -0.2) is 33.8 Å². The second-order valence-corrected chi connectivity index (χ2v) is 7.01. The van der Waals surface area contributed by atoms with Gasteiger partial charge in [-0.05, 0) is 31.4 Å². The number of amides is 2. The second kappa shape index (κ2) is 8.83. The Morgan fingerprint density at radius 1 is 1.15 bits per heavy atom. The van der Waals surface area contributed by atoms with Crippen LogP contribution in [-0.2, 0) is 0 Å². The highest BCUT2D eigenvalue weighted by Crippen LogP contribution is 2.19. The summed E-state index contributed by atoms with van der Waals surface area (Å²) in [4.78, 5) is 29.7. The minimum Gasteiger partial charge on any atom is -0.349 e. The fraction of sp³-hybridized carbons (Fsp3) is 0.550. The summed E-state index contributed by atoms with van der Waals surface area (Å²) >= 11 is 0. The molecule has 2 amide bonds. The zero-order valence-electron chi connectivity index (χ0n) is 15.5. The molecular formula is C20H28N4O2. The van der Waals surface area contributed by atoms with Crippen LogP contribution in [0.25, 0.3) is 5.52 Å². The predicted molar refractivity (Wildman–Crippen MR) is 101 cm³/mol. The molecule has 6 nitrogen and oxygen atoms in total. The number of hydrogen-bond donors (Lipinski definition) is 2. The van der Waals surface area contributed by atoms with Crippen molar-refractivity contribution in [2.45, 2.75) is 64.3 Å². The molecule has 26 heavy (non-hydrogen) atoms. The Morgan fingerprint density at radius 2 is 1.96 bits per heavy atom. The van der Waals surface area contributed by atoms with Crippen LogP contribution in [0.15, 0.2) is 24.4 Å². The summed E-state index contributed by atoms with van der Waals surface area (Å²) in [6, 6.07) is 5.74. The highest BCUT2D eigenvalue weighted by atomic mass is 16.2. The van der Waals surface area contributed by atoms with E-state index in [4.69, 9.17) is 0 Å². The number of aromatic nitrogens is 2. The van der Waals surface area contributed by atoms with Crippen molar-refractivity contribution in [2.75, 3.05) is 6.54 Å². The summed E-state index contributed by atoms with van der Waals surface area (Å²) in [6.07, 6.45) is 10.5. The highest BCUT2D eigenvalue weighted by molar-refractivity contribution is 6.02. The SMILES string of the molecule is CCCCCNC(=O)c1nc(C(=O)NC2CCCCC2)c2ccccn12. The lowest BCUT2D eigenvalue weighted by Gasteiger charge is -2.22. The Labute approximate surface area is 154 Å². The number of unbranched alkanes of at least 4 members (excludes halogenated alkanes) is 2. The van der Waals surface area contributed by atoms with E-state index >= 15 is 0 Å². The summed E-state index contributed by atoms with van der Waals surface area (Å²) in [5.74, 6) is -0.157. The van der Waals surface area contributed by atoms with Gasteiger partial charge in [0.2, 0.25) is 5.82 Å². The standard InChI is InChI=1S/C20H28N4O2/c1-2-3-8-13-21-20(26)18-23-17(16-12-7-9-14-24(16)18)19(25)22-15-10-5-4-6-11-15/h7,9,12,14-15H,2-6,8,10-11,13H2,1H3,(H,21,26)(H,22,25). The van der Waals surface area contributed by atoms with Crippen molar-refractivity contribution in [1.82, 2.24) is 20.0 Å². The average molecular weight is 356 g/mol. The fourth-order valence-corrected chi connectivity index (χ4v) is 3.52. The van der Waals surface area contributed by atoms with Crippen molar-refractivity contribution >= 4 is 17.3 Å². The van der Waals surface area contributed by atoms with Crippen molar-refractivity contribution in [3.8, 4) is 0 Å². The molecule has 0 bridgehead atoms. The zero-order valence-corrected chi connectivity index (χ0v) is 15.5. The van der Waals surface area contributed by atoms with Gasteiger partial charge in [-0.1, -0.05) is 45.1 Å². The lowest BCUT2D eigenvalue weighted by Crippen LogP contribution is -2.36. The highest BCUT2D eigenvalue weighted by Gasteiger charge is 2.23. The van der Waals surface area contributed by atoms with Crippen molar-refractivity contribution in [3.63, 3.8) is 0 Å². The maximum Gasteiger partial charge on any atom is 0.287 e. The van der Waals surface area contributed by atoms with Gasteiger partial charge in [0.15, 0.2) is 5.69 Å². The molecule has 2 heterocycles. The van der Waals surface area contributed by atoms with Crippen molar-refractivity contribution in [2.24, 2.45) is 0 Å². The summed E-state index contributed by atoms with van der Waals surface area (Å²) in [5.41, 5.74) is 0.995. The zero-order chi connectivity index (χ0) is 18.4. The summed E-state index contributed by atoms with van der Waals surface area (Å²) in [6.45, 7) is 2.75. The van der Waals surface area contributed by atoms with Gasteiger partial charge in [0.25, 0.3) is 11.8 Å². The number of rotatable bonds is 7. The number of imidazole rings is 1. The van der Waals surface area contributed by atoms with Gasteiger partial charge in [-0.15, -0.1) is 0 Å². The van der Waals surface area contributed by atoms with Crippen molar-refractivity contribution in [3.05, 3.63) is 35.9 Å². The van der Waals surface area contributed by atoms with Crippen LogP contribution in [0, 0.1) is 0 Å². The maximum absolute atomic E-state index is 12.7. The number of nitrogens with zero attached hydrogens (tertiary/aromatic N) is 2. The van der Waals surface area contributed by atoms with Crippen molar-refractivity contribution < 1.29 is 9.59 Å². The monoisotopic (exact) mass is 356 g/mol. The Bertz CT molecular complexity index is 762. The number of carbonyl (C=O) groups is 2. The topological polar surface area (TPSA) is 75.5 Å². The number of pyridine rings is 1. The molecule has 2 aromatic heterocycles. The van der Waals surface area contributed by atoms with Crippen LogP contribution < -0.4 is 10.6 Å². The van der Waals surface area contributed by atoms with Gasteiger partial charge >= 0.3 is 0 Å². The van der Waals surface area contributed by atoms with E-state index in [0.29, 0.717) is 17.8 Å². The van der Waals surface area contributed by atoms with Gasteiger partial charge in [-0.2, -0.15) is 0 Å². The number of fused-ring (bicyclic) bond motifs is 1. The molecule has 0 unspecified atom stereocenters. The van der Waals surface area contributed by atoms with Gasteiger partial charge in [-0.25, -0.2) is 4.98 Å². The van der Waals surface area contributed by atoms with Gasteiger partial charge in [0.05, 0.1) is 5.52 Å². The van der Waals surface area contributed by atoms with Crippen LogP contribution in [0.2, 0.25) is 0 Å². The van der Waals surface area contributed by atoms with E-state index in [-0.39, 0.29) is 23.7 Å². The van der Waals surface area contributed by atoms with E-state index in [1.165, 1.54) is 6.42 Å². The Morgan fingerprint density at radius 3 is 2.73 bits per heavy atom. The first kappa shape index (κ1) is 18.4. The fourth-order valence-electron chi connectivity index (χ4n) is 3.52. The molecular weight excluding hydrogens is 328 g/mol. The molecule has 2 aromatic rings. The second-order valence-electron chi connectivity index (χ2n) is 7.01. The molecule has 0 atom stereocenters.